The highest BCUT2D eigenvalue weighted by atomic mass is 16.5. The van der Waals surface area contributed by atoms with Crippen molar-refractivity contribution in [1.29, 1.82) is 0 Å². The predicted molar refractivity (Wildman–Crippen MR) is 78.4 cm³/mol. The molecular weight excluding hydrogens is 254 g/mol. The number of rotatable bonds is 4. The number of fused-ring (bicyclic) bond motifs is 1. The number of hydrogen-bond acceptors (Lipinski definition) is 3. The number of ether oxygens (including phenoxy) is 1. The van der Waals surface area contributed by atoms with Crippen LogP contribution in [-0.2, 0) is 14.3 Å². The van der Waals surface area contributed by atoms with E-state index in [2.05, 4.69) is 5.32 Å². The summed E-state index contributed by atoms with van der Waals surface area (Å²) in [5.41, 5.74) is 0.677. The Balaban J connectivity index is 1.97. The monoisotopic (exact) mass is 269 g/mol. The van der Waals surface area contributed by atoms with E-state index in [1.165, 1.54) is 6.08 Å². The van der Waals surface area contributed by atoms with Gasteiger partial charge in [-0.1, -0.05) is 36.4 Å². The Morgan fingerprint density at radius 2 is 1.90 bits per heavy atom. The Bertz CT molecular complexity index is 662. The third-order valence-corrected chi connectivity index (χ3v) is 2.68. The molecule has 0 radical (unpaired) electrons. The van der Waals surface area contributed by atoms with Gasteiger partial charge in [-0.15, -0.1) is 0 Å². The maximum atomic E-state index is 11.6. The van der Waals surface area contributed by atoms with E-state index in [0.717, 1.165) is 10.8 Å². The molecule has 2 aromatic carbocycles. The zero-order valence-corrected chi connectivity index (χ0v) is 11.1. The fourth-order valence-corrected chi connectivity index (χ4v) is 1.79. The maximum absolute atomic E-state index is 11.6. The molecule has 0 aliphatic heterocycles. The molecule has 0 unspecified atom stereocenters. The van der Waals surface area contributed by atoms with Gasteiger partial charge in [-0.2, -0.15) is 0 Å². The number of nitrogens with one attached hydrogen (secondary N) is 1. The van der Waals surface area contributed by atoms with Crippen molar-refractivity contribution in [2.45, 2.75) is 6.92 Å². The molecule has 2 aromatic rings. The van der Waals surface area contributed by atoms with Crippen molar-refractivity contribution >= 4 is 28.3 Å². The van der Waals surface area contributed by atoms with Crippen LogP contribution in [0.5, 0.6) is 0 Å². The Morgan fingerprint density at radius 3 is 2.65 bits per heavy atom. The van der Waals surface area contributed by atoms with Gasteiger partial charge < -0.3 is 10.1 Å². The number of anilines is 1. The van der Waals surface area contributed by atoms with Gasteiger partial charge in [-0.05, 0) is 29.8 Å². The molecule has 102 valence electrons. The van der Waals surface area contributed by atoms with Crippen molar-refractivity contribution in [1.82, 2.24) is 0 Å². The van der Waals surface area contributed by atoms with Gasteiger partial charge in [0.15, 0.2) is 6.61 Å². The van der Waals surface area contributed by atoms with Crippen LogP contribution >= 0.6 is 0 Å². The number of allylic oxidation sites excluding steroid dienone is 1. The van der Waals surface area contributed by atoms with Crippen LogP contribution in [0.1, 0.15) is 6.92 Å². The first kappa shape index (κ1) is 13.8. The second-order valence-electron chi connectivity index (χ2n) is 4.22. The first-order chi connectivity index (χ1) is 9.69. The zero-order valence-electron chi connectivity index (χ0n) is 11.1. The van der Waals surface area contributed by atoms with Crippen LogP contribution in [0.3, 0.4) is 0 Å². The Hall–Kier alpha value is -2.62. The summed E-state index contributed by atoms with van der Waals surface area (Å²) in [4.78, 5) is 22.7. The molecule has 4 nitrogen and oxygen atoms in total. The third kappa shape index (κ3) is 3.68. The Labute approximate surface area is 117 Å². The molecule has 0 bridgehead atoms. The van der Waals surface area contributed by atoms with E-state index in [0.29, 0.717) is 5.69 Å². The summed E-state index contributed by atoms with van der Waals surface area (Å²) in [5.74, 6) is -0.890. The molecule has 0 aromatic heterocycles. The van der Waals surface area contributed by atoms with Crippen LogP contribution < -0.4 is 5.32 Å². The normalized spacial score (nSPS) is 10.7. The third-order valence-electron chi connectivity index (χ3n) is 2.68. The minimum Gasteiger partial charge on any atom is -0.452 e. The van der Waals surface area contributed by atoms with E-state index in [9.17, 15) is 9.59 Å². The quantitative estimate of drug-likeness (QED) is 0.686. The minimum absolute atomic E-state index is 0.296. The molecule has 0 aliphatic carbocycles. The molecule has 0 saturated heterocycles. The largest absolute Gasteiger partial charge is 0.452 e. The highest BCUT2D eigenvalue weighted by molar-refractivity contribution is 5.96. The lowest BCUT2D eigenvalue weighted by atomic mass is 10.1. The van der Waals surface area contributed by atoms with Gasteiger partial charge in [-0.25, -0.2) is 4.79 Å². The zero-order chi connectivity index (χ0) is 14.4. The van der Waals surface area contributed by atoms with Crippen LogP contribution in [-0.4, -0.2) is 18.5 Å². The lowest BCUT2D eigenvalue weighted by molar-refractivity contribution is -0.142. The van der Waals surface area contributed by atoms with E-state index in [1.807, 2.05) is 42.5 Å². The van der Waals surface area contributed by atoms with Gasteiger partial charge in [-0.3, -0.25) is 4.79 Å². The summed E-state index contributed by atoms with van der Waals surface area (Å²) in [6, 6.07) is 13.5. The van der Waals surface area contributed by atoms with Crippen molar-refractivity contribution in [3.63, 3.8) is 0 Å². The highest BCUT2D eigenvalue weighted by Gasteiger charge is 2.05. The van der Waals surface area contributed by atoms with Gasteiger partial charge in [0.05, 0.1) is 0 Å². The molecule has 4 heteroatoms. The van der Waals surface area contributed by atoms with E-state index in [4.69, 9.17) is 4.74 Å². The fourth-order valence-electron chi connectivity index (χ4n) is 1.79. The summed E-state index contributed by atoms with van der Waals surface area (Å²) in [6.45, 7) is 1.41. The SMILES string of the molecule is C/C=C/C(=O)OCC(=O)Nc1ccc2ccccc2c1. The predicted octanol–water partition coefficient (Wildman–Crippen LogP) is 2.90. The lowest BCUT2D eigenvalue weighted by Crippen LogP contribution is -2.20. The molecule has 0 aliphatic rings. The van der Waals surface area contributed by atoms with E-state index >= 15 is 0 Å². The van der Waals surface area contributed by atoms with Gasteiger partial charge in [0.2, 0.25) is 0 Å². The second-order valence-corrected chi connectivity index (χ2v) is 4.22. The van der Waals surface area contributed by atoms with E-state index < -0.39 is 5.97 Å². The number of carbonyl (C=O) groups is 2. The number of carbonyl (C=O) groups excluding carboxylic acids is 2. The van der Waals surface area contributed by atoms with E-state index in [-0.39, 0.29) is 12.5 Å². The van der Waals surface area contributed by atoms with Crippen LogP contribution in [0.15, 0.2) is 54.6 Å². The first-order valence-corrected chi connectivity index (χ1v) is 6.27. The molecular formula is C16H15NO3. The molecule has 0 spiro atoms. The van der Waals surface area contributed by atoms with Crippen LogP contribution in [0.4, 0.5) is 5.69 Å². The van der Waals surface area contributed by atoms with Crippen molar-refractivity contribution in [3.8, 4) is 0 Å². The minimum atomic E-state index is -0.527. The molecule has 0 saturated carbocycles. The summed E-state index contributed by atoms with van der Waals surface area (Å²) < 4.78 is 4.77. The van der Waals surface area contributed by atoms with Gasteiger partial charge >= 0.3 is 5.97 Å². The molecule has 1 amide bonds. The van der Waals surface area contributed by atoms with Crippen molar-refractivity contribution in [2.24, 2.45) is 0 Å². The summed E-state index contributed by atoms with van der Waals surface area (Å²) in [7, 11) is 0. The summed E-state index contributed by atoms with van der Waals surface area (Å²) in [5, 5.41) is 4.83. The van der Waals surface area contributed by atoms with Crippen LogP contribution in [0.25, 0.3) is 10.8 Å². The average molecular weight is 269 g/mol. The number of benzene rings is 2. The Kier molecular flexibility index (Phi) is 4.50. The Morgan fingerprint density at radius 1 is 1.15 bits per heavy atom. The van der Waals surface area contributed by atoms with Gasteiger partial charge in [0.1, 0.15) is 0 Å². The average Bonchev–Trinajstić information content (AvgIpc) is 2.45. The smallest absolute Gasteiger partial charge is 0.330 e. The van der Waals surface area contributed by atoms with Crippen molar-refractivity contribution in [3.05, 3.63) is 54.6 Å². The molecule has 20 heavy (non-hydrogen) atoms. The van der Waals surface area contributed by atoms with Crippen molar-refractivity contribution < 1.29 is 14.3 Å². The molecule has 2 rings (SSSR count). The van der Waals surface area contributed by atoms with E-state index in [1.54, 1.807) is 13.0 Å². The topological polar surface area (TPSA) is 55.4 Å². The summed E-state index contributed by atoms with van der Waals surface area (Å²) >= 11 is 0. The molecule has 0 heterocycles. The second kappa shape index (κ2) is 6.52. The molecule has 0 fully saturated rings. The van der Waals surface area contributed by atoms with Crippen molar-refractivity contribution in [2.75, 3.05) is 11.9 Å². The lowest BCUT2D eigenvalue weighted by Gasteiger charge is -2.06. The standard InChI is InChI=1S/C16H15NO3/c1-2-5-16(19)20-11-15(18)17-14-9-8-12-6-3-4-7-13(12)10-14/h2-10H,11H2,1H3,(H,17,18)/b5-2+. The highest BCUT2D eigenvalue weighted by Crippen LogP contribution is 2.18. The number of hydrogen-bond donors (Lipinski definition) is 1. The summed E-state index contributed by atoms with van der Waals surface area (Å²) in [6.07, 6.45) is 2.83. The maximum Gasteiger partial charge on any atom is 0.330 e. The number of esters is 1. The van der Waals surface area contributed by atoms with Gasteiger partial charge in [0.25, 0.3) is 5.91 Å². The molecule has 1 N–H and O–H groups in total. The van der Waals surface area contributed by atoms with Crippen LogP contribution in [0, 0.1) is 0 Å². The van der Waals surface area contributed by atoms with Gasteiger partial charge in [0, 0.05) is 11.8 Å². The van der Waals surface area contributed by atoms with Crippen LogP contribution in [0.2, 0.25) is 0 Å². The number of amides is 1. The molecule has 0 atom stereocenters. The first-order valence-electron chi connectivity index (χ1n) is 6.27. The fraction of sp³-hybridized carbons (Fsp3) is 0.125.